The quantitative estimate of drug-likeness (QED) is 0.888. The van der Waals surface area contributed by atoms with Gasteiger partial charge in [0.1, 0.15) is 0 Å². The van der Waals surface area contributed by atoms with Gasteiger partial charge in [0.25, 0.3) is 0 Å². The molecule has 0 aromatic carbocycles. The van der Waals surface area contributed by atoms with Crippen LogP contribution in [0.15, 0.2) is 12.4 Å². The average Bonchev–Trinajstić information content (AvgIpc) is 3.09. The fourth-order valence-corrected chi connectivity index (χ4v) is 3.46. The van der Waals surface area contributed by atoms with Crippen LogP contribution in [-0.2, 0) is 13.1 Å². The summed E-state index contributed by atoms with van der Waals surface area (Å²) in [5, 5.41) is 4.36. The molecule has 2 saturated heterocycles. The van der Waals surface area contributed by atoms with Crippen LogP contribution in [0.1, 0.15) is 31.7 Å². The second-order valence-electron chi connectivity index (χ2n) is 6.26. The Hall–Kier alpha value is -0.910. The molecule has 5 nitrogen and oxygen atoms in total. The van der Waals surface area contributed by atoms with Crippen molar-refractivity contribution in [1.29, 1.82) is 0 Å². The summed E-state index contributed by atoms with van der Waals surface area (Å²) in [5.41, 5.74) is 7.34. The van der Waals surface area contributed by atoms with Gasteiger partial charge in [-0.25, -0.2) is 0 Å². The van der Waals surface area contributed by atoms with Crippen LogP contribution in [0, 0.1) is 0 Å². The summed E-state index contributed by atoms with van der Waals surface area (Å²) in [4.78, 5) is 5.22. The zero-order valence-electron chi connectivity index (χ0n) is 12.5. The van der Waals surface area contributed by atoms with Gasteiger partial charge in [-0.05, 0) is 39.3 Å². The summed E-state index contributed by atoms with van der Waals surface area (Å²) in [5.74, 6) is 0. The standard InChI is InChI=1S/C15H27N5/c1-2-20-11-13(9-17-20)10-18-6-5-15(12-18)19-7-3-14(16)4-8-19/h9,11,14-15H,2-8,10,12,16H2,1H3. The molecule has 5 heteroatoms. The van der Waals surface area contributed by atoms with Crippen LogP contribution in [0.25, 0.3) is 0 Å². The number of rotatable bonds is 4. The Balaban J connectivity index is 1.49. The number of aromatic nitrogens is 2. The Morgan fingerprint density at radius 1 is 1.25 bits per heavy atom. The first-order chi connectivity index (χ1) is 9.74. The molecule has 0 saturated carbocycles. The molecule has 0 bridgehead atoms. The van der Waals surface area contributed by atoms with Crippen LogP contribution in [-0.4, -0.2) is 57.8 Å². The molecule has 1 unspecified atom stereocenters. The molecule has 2 aliphatic rings. The molecular formula is C15H27N5. The number of likely N-dealkylation sites (tertiary alicyclic amines) is 2. The second-order valence-corrected chi connectivity index (χ2v) is 6.26. The fraction of sp³-hybridized carbons (Fsp3) is 0.800. The van der Waals surface area contributed by atoms with Crippen LogP contribution >= 0.6 is 0 Å². The first-order valence-corrected chi connectivity index (χ1v) is 7.98. The van der Waals surface area contributed by atoms with E-state index < -0.39 is 0 Å². The lowest BCUT2D eigenvalue weighted by atomic mass is 10.0. The number of hydrogen-bond acceptors (Lipinski definition) is 4. The molecule has 0 aliphatic carbocycles. The van der Waals surface area contributed by atoms with Crippen molar-refractivity contribution in [2.24, 2.45) is 5.73 Å². The summed E-state index contributed by atoms with van der Waals surface area (Å²) in [6.07, 6.45) is 7.82. The Morgan fingerprint density at radius 3 is 2.75 bits per heavy atom. The molecule has 0 amide bonds. The van der Waals surface area contributed by atoms with Crippen molar-refractivity contribution in [3.05, 3.63) is 18.0 Å². The van der Waals surface area contributed by atoms with Crippen molar-refractivity contribution < 1.29 is 0 Å². The molecule has 0 radical (unpaired) electrons. The monoisotopic (exact) mass is 277 g/mol. The van der Waals surface area contributed by atoms with E-state index in [-0.39, 0.29) is 0 Å². The van der Waals surface area contributed by atoms with Gasteiger partial charge in [0, 0.05) is 50.0 Å². The van der Waals surface area contributed by atoms with Crippen LogP contribution < -0.4 is 5.73 Å². The number of nitrogens with zero attached hydrogens (tertiary/aromatic N) is 4. The molecule has 2 N–H and O–H groups in total. The Bertz CT molecular complexity index is 422. The van der Waals surface area contributed by atoms with Gasteiger partial charge in [0.2, 0.25) is 0 Å². The van der Waals surface area contributed by atoms with Crippen molar-refractivity contribution in [3.63, 3.8) is 0 Å². The van der Waals surface area contributed by atoms with E-state index in [0.717, 1.165) is 19.1 Å². The molecular weight excluding hydrogens is 250 g/mol. The minimum atomic E-state index is 0.434. The van der Waals surface area contributed by atoms with Crippen molar-refractivity contribution in [2.45, 2.75) is 51.4 Å². The van der Waals surface area contributed by atoms with Crippen molar-refractivity contribution in [3.8, 4) is 0 Å². The lowest BCUT2D eigenvalue weighted by molar-refractivity contribution is 0.151. The fourth-order valence-electron chi connectivity index (χ4n) is 3.46. The van der Waals surface area contributed by atoms with Gasteiger partial charge in [-0.2, -0.15) is 5.10 Å². The summed E-state index contributed by atoms with van der Waals surface area (Å²) < 4.78 is 2.01. The van der Waals surface area contributed by atoms with Gasteiger partial charge in [-0.1, -0.05) is 0 Å². The Morgan fingerprint density at radius 2 is 2.05 bits per heavy atom. The minimum absolute atomic E-state index is 0.434. The van der Waals surface area contributed by atoms with Gasteiger partial charge in [0.05, 0.1) is 6.20 Å². The van der Waals surface area contributed by atoms with Gasteiger partial charge < -0.3 is 5.73 Å². The van der Waals surface area contributed by atoms with Crippen LogP contribution in [0.5, 0.6) is 0 Å². The van der Waals surface area contributed by atoms with Gasteiger partial charge in [-0.3, -0.25) is 14.5 Å². The predicted octanol–water partition coefficient (Wildman–Crippen LogP) is 0.900. The average molecular weight is 277 g/mol. The third-order valence-corrected chi connectivity index (χ3v) is 4.75. The normalized spacial score (nSPS) is 26.4. The van der Waals surface area contributed by atoms with E-state index in [4.69, 9.17) is 5.73 Å². The molecule has 2 fully saturated rings. The van der Waals surface area contributed by atoms with Gasteiger partial charge >= 0.3 is 0 Å². The maximum Gasteiger partial charge on any atom is 0.0534 e. The molecule has 1 aromatic rings. The lowest BCUT2D eigenvalue weighted by Crippen LogP contribution is -2.46. The molecule has 2 aliphatic heterocycles. The molecule has 20 heavy (non-hydrogen) atoms. The van der Waals surface area contributed by atoms with E-state index in [1.54, 1.807) is 0 Å². The van der Waals surface area contributed by atoms with Crippen LogP contribution in [0.3, 0.4) is 0 Å². The zero-order valence-corrected chi connectivity index (χ0v) is 12.5. The van der Waals surface area contributed by atoms with E-state index >= 15 is 0 Å². The summed E-state index contributed by atoms with van der Waals surface area (Å²) in [6, 6.07) is 1.17. The van der Waals surface area contributed by atoms with E-state index in [2.05, 4.69) is 28.0 Å². The van der Waals surface area contributed by atoms with Crippen molar-refractivity contribution in [1.82, 2.24) is 19.6 Å². The summed E-state index contributed by atoms with van der Waals surface area (Å²) in [7, 11) is 0. The Labute approximate surface area is 121 Å². The first-order valence-electron chi connectivity index (χ1n) is 7.98. The number of hydrogen-bond donors (Lipinski definition) is 1. The van der Waals surface area contributed by atoms with E-state index in [1.165, 1.54) is 51.0 Å². The van der Waals surface area contributed by atoms with Gasteiger partial charge in [0.15, 0.2) is 0 Å². The third kappa shape index (κ3) is 3.22. The number of nitrogens with two attached hydrogens (primary N) is 1. The highest BCUT2D eigenvalue weighted by molar-refractivity contribution is 5.04. The maximum atomic E-state index is 5.99. The summed E-state index contributed by atoms with van der Waals surface area (Å²) in [6.45, 7) is 8.92. The second kappa shape index (κ2) is 6.24. The predicted molar refractivity (Wildman–Crippen MR) is 80.4 cm³/mol. The number of aryl methyl sites for hydroxylation is 1. The minimum Gasteiger partial charge on any atom is -0.328 e. The topological polar surface area (TPSA) is 50.3 Å². The smallest absolute Gasteiger partial charge is 0.0534 e. The number of piperidine rings is 1. The van der Waals surface area contributed by atoms with E-state index in [9.17, 15) is 0 Å². The Kier molecular flexibility index (Phi) is 4.38. The molecule has 3 heterocycles. The maximum absolute atomic E-state index is 5.99. The largest absolute Gasteiger partial charge is 0.328 e. The SMILES string of the molecule is CCn1cc(CN2CCC(N3CCC(N)CC3)C2)cn1. The highest BCUT2D eigenvalue weighted by atomic mass is 15.3. The first kappa shape index (κ1) is 14.0. The van der Waals surface area contributed by atoms with Crippen LogP contribution in [0.4, 0.5) is 0 Å². The highest BCUT2D eigenvalue weighted by Gasteiger charge is 2.29. The lowest BCUT2D eigenvalue weighted by Gasteiger charge is -2.34. The molecule has 3 rings (SSSR count). The van der Waals surface area contributed by atoms with E-state index in [0.29, 0.717) is 6.04 Å². The highest BCUT2D eigenvalue weighted by Crippen LogP contribution is 2.21. The van der Waals surface area contributed by atoms with Crippen molar-refractivity contribution in [2.75, 3.05) is 26.2 Å². The van der Waals surface area contributed by atoms with Crippen molar-refractivity contribution >= 4 is 0 Å². The third-order valence-electron chi connectivity index (χ3n) is 4.75. The molecule has 112 valence electrons. The van der Waals surface area contributed by atoms with Crippen LogP contribution in [0.2, 0.25) is 0 Å². The van der Waals surface area contributed by atoms with E-state index in [1.807, 2.05) is 10.9 Å². The molecule has 0 spiro atoms. The molecule has 1 aromatic heterocycles. The zero-order chi connectivity index (χ0) is 13.9. The van der Waals surface area contributed by atoms with Gasteiger partial charge in [-0.15, -0.1) is 0 Å². The summed E-state index contributed by atoms with van der Waals surface area (Å²) >= 11 is 0. The molecule has 1 atom stereocenters.